The van der Waals surface area contributed by atoms with Gasteiger partial charge in [0, 0.05) is 12.3 Å². The SMILES string of the molecule is C=Cc1cccc(C#N)c1C(C)C1NC(=O)C(C)(Cc2ccc(F)cc2)NC1=O. The number of benzene rings is 2. The highest BCUT2D eigenvalue weighted by atomic mass is 19.1. The largest absolute Gasteiger partial charge is 0.342 e. The lowest BCUT2D eigenvalue weighted by molar-refractivity contribution is -0.141. The third kappa shape index (κ3) is 3.90. The van der Waals surface area contributed by atoms with Crippen molar-refractivity contribution in [3.8, 4) is 6.07 Å². The van der Waals surface area contributed by atoms with E-state index in [9.17, 15) is 19.2 Å². The zero-order chi connectivity index (χ0) is 21.2. The Balaban J connectivity index is 1.86. The van der Waals surface area contributed by atoms with Gasteiger partial charge < -0.3 is 10.6 Å². The summed E-state index contributed by atoms with van der Waals surface area (Å²) in [6.07, 6.45) is 1.87. The Morgan fingerprint density at radius 2 is 1.97 bits per heavy atom. The minimum Gasteiger partial charge on any atom is -0.342 e. The molecule has 2 amide bonds. The summed E-state index contributed by atoms with van der Waals surface area (Å²) in [4.78, 5) is 25.8. The molecule has 3 unspecified atom stereocenters. The van der Waals surface area contributed by atoms with Gasteiger partial charge in [0.1, 0.15) is 17.4 Å². The van der Waals surface area contributed by atoms with Crippen molar-refractivity contribution in [2.24, 2.45) is 0 Å². The van der Waals surface area contributed by atoms with Crippen LogP contribution >= 0.6 is 0 Å². The first-order chi connectivity index (χ1) is 13.8. The Morgan fingerprint density at radius 1 is 1.28 bits per heavy atom. The van der Waals surface area contributed by atoms with Gasteiger partial charge >= 0.3 is 0 Å². The van der Waals surface area contributed by atoms with Crippen LogP contribution in [0, 0.1) is 17.1 Å². The number of rotatable bonds is 5. The fourth-order valence-corrected chi connectivity index (χ4v) is 3.79. The zero-order valence-corrected chi connectivity index (χ0v) is 16.3. The van der Waals surface area contributed by atoms with E-state index in [-0.39, 0.29) is 24.1 Å². The van der Waals surface area contributed by atoms with Crippen molar-refractivity contribution in [3.05, 3.63) is 77.1 Å². The Labute approximate surface area is 169 Å². The minimum atomic E-state index is -1.15. The molecule has 1 aliphatic rings. The number of nitrogens with one attached hydrogen (secondary N) is 2. The summed E-state index contributed by atoms with van der Waals surface area (Å²) in [5.41, 5.74) is 1.45. The fraction of sp³-hybridized carbons (Fsp3) is 0.261. The molecule has 2 N–H and O–H groups in total. The number of piperazine rings is 1. The highest BCUT2D eigenvalue weighted by Crippen LogP contribution is 2.30. The number of nitriles is 1. The zero-order valence-electron chi connectivity index (χ0n) is 16.3. The monoisotopic (exact) mass is 391 g/mol. The molecule has 148 valence electrons. The number of nitrogens with zero attached hydrogens (tertiary/aromatic N) is 1. The second-order valence-corrected chi connectivity index (χ2v) is 7.49. The summed E-state index contributed by atoms with van der Waals surface area (Å²) in [7, 11) is 0. The Hall–Kier alpha value is -3.46. The predicted molar refractivity (Wildman–Crippen MR) is 108 cm³/mol. The Bertz CT molecular complexity index is 1010. The molecular formula is C23H22FN3O2. The minimum absolute atomic E-state index is 0.235. The van der Waals surface area contributed by atoms with Crippen molar-refractivity contribution in [2.45, 2.75) is 37.8 Å². The van der Waals surface area contributed by atoms with E-state index in [2.05, 4.69) is 23.3 Å². The van der Waals surface area contributed by atoms with Gasteiger partial charge in [0.25, 0.3) is 0 Å². The smallest absolute Gasteiger partial charge is 0.246 e. The molecule has 2 aromatic rings. The molecule has 0 spiro atoms. The molecule has 29 heavy (non-hydrogen) atoms. The van der Waals surface area contributed by atoms with Gasteiger partial charge in [-0.15, -0.1) is 0 Å². The van der Waals surface area contributed by atoms with Crippen molar-refractivity contribution < 1.29 is 14.0 Å². The lowest BCUT2D eigenvalue weighted by Crippen LogP contribution is -2.69. The maximum Gasteiger partial charge on any atom is 0.246 e. The molecule has 0 aliphatic carbocycles. The molecule has 0 saturated carbocycles. The van der Waals surface area contributed by atoms with Crippen LogP contribution in [0.3, 0.4) is 0 Å². The third-order valence-corrected chi connectivity index (χ3v) is 5.38. The molecule has 1 saturated heterocycles. The summed E-state index contributed by atoms with van der Waals surface area (Å²) in [5.74, 6) is -1.45. The van der Waals surface area contributed by atoms with Crippen LogP contribution < -0.4 is 10.6 Å². The van der Waals surface area contributed by atoms with Crippen LogP contribution in [0.1, 0.15) is 42.0 Å². The number of hydrogen-bond donors (Lipinski definition) is 2. The van der Waals surface area contributed by atoms with Gasteiger partial charge in [-0.3, -0.25) is 9.59 Å². The lowest BCUT2D eigenvalue weighted by Gasteiger charge is -2.40. The molecular weight excluding hydrogens is 369 g/mol. The Morgan fingerprint density at radius 3 is 2.59 bits per heavy atom. The molecule has 5 nitrogen and oxygen atoms in total. The van der Waals surface area contributed by atoms with Crippen molar-refractivity contribution >= 4 is 17.9 Å². The molecule has 1 fully saturated rings. The molecule has 0 radical (unpaired) electrons. The van der Waals surface area contributed by atoms with Crippen LogP contribution in [0.15, 0.2) is 49.0 Å². The normalized spacial score (nSPS) is 22.2. The van der Waals surface area contributed by atoms with Gasteiger partial charge in [-0.1, -0.05) is 43.8 Å². The van der Waals surface area contributed by atoms with Crippen LogP contribution in [-0.4, -0.2) is 23.4 Å². The van der Waals surface area contributed by atoms with Crippen molar-refractivity contribution in [1.29, 1.82) is 5.26 Å². The van der Waals surface area contributed by atoms with Gasteiger partial charge in [-0.25, -0.2) is 4.39 Å². The highest BCUT2D eigenvalue weighted by molar-refractivity contribution is 6.00. The molecule has 1 aliphatic heterocycles. The molecule has 0 bridgehead atoms. The second kappa shape index (κ2) is 7.88. The van der Waals surface area contributed by atoms with Crippen molar-refractivity contribution in [1.82, 2.24) is 10.6 Å². The highest BCUT2D eigenvalue weighted by Gasteiger charge is 2.45. The van der Waals surface area contributed by atoms with E-state index in [1.807, 2.05) is 6.07 Å². The van der Waals surface area contributed by atoms with Gasteiger partial charge in [-0.2, -0.15) is 5.26 Å². The van der Waals surface area contributed by atoms with Crippen LogP contribution in [-0.2, 0) is 16.0 Å². The van der Waals surface area contributed by atoms with Crippen molar-refractivity contribution in [3.63, 3.8) is 0 Å². The van der Waals surface area contributed by atoms with E-state index in [1.165, 1.54) is 12.1 Å². The summed E-state index contributed by atoms with van der Waals surface area (Å²) in [6, 6.07) is 12.4. The molecule has 6 heteroatoms. The number of amides is 2. The predicted octanol–water partition coefficient (Wildman–Crippen LogP) is 3.06. The second-order valence-electron chi connectivity index (χ2n) is 7.49. The Kier molecular flexibility index (Phi) is 5.51. The average molecular weight is 391 g/mol. The van der Waals surface area contributed by atoms with Crippen molar-refractivity contribution in [2.75, 3.05) is 0 Å². The third-order valence-electron chi connectivity index (χ3n) is 5.38. The van der Waals surface area contributed by atoms with E-state index in [0.29, 0.717) is 11.1 Å². The van der Waals surface area contributed by atoms with E-state index in [1.54, 1.807) is 44.2 Å². The molecule has 0 aromatic heterocycles. The van der Waals surface area contributed by atoms with Crippen LogP contribution in [0.5, 0.6) is 0 Å². The molecule has 1 heterocycles. The van der Waals surface area contributed by atoms with Gasteiger partial charge in [-0.05, 0) is 41.8 Å². The van der Waals surface area contributed by atoms with Crippen LogP contribution in [0.25, 0.3) is 6.08 Å². The number of halogens is 1. The van der Waals surface area contributed by atoms with Gasteiger partial charge in [0.15, 0.2) is 0 Å². The van der Waals surface area contributed by atoms with E-state index < -0.39 is 17.5 Å². The van der Waals surface area contributed by atoms with E-state index in [0.717, 1.165) is 11.1 Å². The number of carbonyl (C=O) groups is 2. The maximum absolute atomic E-state index is 13.1. The lowest BCUT2D eigenvalue weighted by atomic mass is 9.82. The standard InChI is InChI=1S/C23H22FN3O2/c1-4-16-6-5-7-17(13-25)19(16)14(2)20-21(28)27-23(3,22(29)26-20)12-15-8-10-18(24)11-9-15/h4-11,14,20H,1,12H2,2-3H3,(H,26,29)(H,27,28). The maximum atomic E-state index is 13.1. The van der Waals surface area contributed by atoms with E-state index >= 15 is 0 Å². The summed E-state index contributed by atoms with van der Waals surface area (Å²) in [5, 5.41) is 15.1. The molecule has 3 atom stereocenters. The topological polar surface area (TPSA) is 82.0 Å². The summed E-state index contributed by atoms with van der Waals surface area (Å²) >= 11 is 0. The van der Waals surface area contributed by atoms with E-state index in [4.69, 9.17) is 0 Å². The summed E-state index contributed by atoms with van der Waals surface area (Å²) in [6.45, 7) is 7.22. The number of carbonyl (C=O) groups excluding carboxylic acids is 2. The first-order valence-electron chi connectivity index (χ1n) is 9.32. The first-order valence-corrected chi connectivity index (χ1v) is 9.32. The average Bonchev–Trinajstić information content (AvgIpc) is 2.71. The van der Waals surface area contributed by atoms with Gasteiger partial charge in [0.2, 0.25) is 11.8 Å². The van der Waals surface area contributed by atoms with Crippen LogP contribution in [0.2, 0.25) is 0 Å². The number of hydrogen-bond acceptors (Lipinski definition) is 3. The quantitative estimate of drug-likeness (QED) is 0.822. The summed E-state index contributed by atoms with van der Waals surface area (Å²) < 4.78 is 13.1. The van der Waals surface area contributed by atoms with Crippen LogP contribution in [0.4, 0.5) is 4.39 Å². The fourth-order valence-electron chi connectivity index (χ4n) is 3.79. The molecule has 2 aromatic carbocycles. The first kappa shape index (κ1) is 20.3. The van der Waals surface area contributed by atoms with Gasteiger partial charge in [0.05, 0.1) is 11.6 Å². The molecule has 3 rings (SSSR count).